The molecule has 1 aromatic rings. The van der Waals surface area contributed by atoms with Gasteiger partial charge in [-0.1, -0.05) is 25.1 Å². The highest BCUT2D eigenvalue weighted by Gasteiger charge is 2.24. The summed E-state index contributed by atoms with van der Waals surface area (Å²) in [7, 11) is 0. The average Bonchev–Trinajstić information content (AvgIpc) is 2.50. The second kappa shape index (κ2) is 6.93. The van der Waals surface area contributed by atoms with Gasteiger partial charge >= 0.3 is 0 Å². The molecule has 2 amide bonds. The quantitative estimate of drug-likeness (QED) is 0.748. The van der Waals surface area contributed by atoms with Gasteiger partial charge in [0.2, 0.25) is 11.8 Å². The molecule has 0 radical (unpaired) electrons. The first-order chi connectivity index (χ1) is 9.70. The minimum absolute atomic E-state index is 0.0526. The van der Waals surface area contributed by atoms with Gasteiger partial charge in [0.1, 0.15) is 0 Å². The van der Waals surface area contributed by atoms with Crippen LogP contribution in [0, 0.1) is 5.92 Å². The van der Waals surface area contributed by atoms with E-state index in [1.54, 1.807) is 0 Å². The van der Waals surface area contributed by atoms with E-state index in [1.165, 1.54) is 0 Å². The van der Waals surface area contributed by atoms with Crippen molar-refractivity contribution >= 4 is 17.5 Å². The van der Waals surface area contributed by atoms with Crippen LogP contribution in [-0.2, 0) is 16.0 Å². The molecule has 0 aliphatic carbocycles. The molecule has 0 saturated heterocycles. The Bertz CT molecular complexity index is 488. The molecule has 0 bridgehead atoms. The minimum atomic E-state index is -0.135. The molecule has 1 unspecified atom stereocenters. The lowest BCUT2D eigenvalue weighted by molar-refractivity contribution is -0.128. The second-order valence-electron chi connectivity index (χ2n) is 5.01. The van der Waals surface area contributed by atoms with Gasteiger partial charge in [-0.05, 0) is 24.5 Å². The van der Waals surface area contributed by atoms with E-state index in [4.69, 9.17) is 0 Å². The van der Waals surface area contributed by atoms with Crippen molar-refractivity contribution in [2.45, 2.75) is 19.8 Å². The molecule has 5 nitrogen and oxygen atoms in total. The number of carbonyl (C=O) groups is 2. The summed E-state index contributed by atoms with van der Waals surface area (Å²) in [6.07, 6.45) is 1.61. The molecule has 20 heavy (non-hydrogen) atoms. The maximum Gasteiger partial charge on any atom is 0.239 e. The fourth-order valence-electron chi connectivity index (χ4n) is 2.27. The van der Waals surface area contributed by atoms with Gasteiger partial charge in [-0.25, -0.2) is 0 Å². The van der Waals surface area contributed by atoms with Gasteiger partial charge in [-0.15, -0.1) is 0 Å². The second-order valence-corrected chi connectivity index (χ2v) is 5.01. The number of anilines is 1. The molecule has 3 N–H and O–H groups in total. The normalized spacial score (nSPS) is 16.8. The topological polar surface area (TPSA) is 70.2 Å². The first-order valence-corrected chi connectivity index (χ1v) is 7.07. The highest BCUT2D eigenvalue weighted by Crippen LogP contribution is 2.24. The fraction of sp³-hybridized carbons (Fsp3) is 0.467. The predicted molar refractivity (Wildman–Crippen MR) is 78.4 cm³/mol. The molecule has 0 saturated carbocycles. The molecule has 1 aliphatic heterocycles. The highest BCUT2D eigenvalue weighted by atomic mass is 16.2. The lowest BCUT2D eigenvalue weighted by atomic mass is 9.93. The largest absolute Gasteiger partial charge is 0.384 e. The van der Waals surface area contributed by atoms with E-state index in [0.717, 1.165) is 17.7 Å². The van der Waals surface area contributed by atoms with Crippen molar-refractivity contribution in [2.75, 3.05) is 25.0 Å². The number of benzene rings is 1. The summed E-state index contributed by atoms with van der Waals surface area (Å²) in [5.74, 6) is -0.327. The minimum Gasteiger partial charge on any atom is -0.384 e. The zero-order valence-electron chi connectivity index (χ0n) is 11.7. The Balaban J connectivity index is 1.81. The van der Waals surface area contributed by atoms with Gasteiger partial charge in [0, 0.05) is 18.8 Å². The summed E-state index contributed by atoms with van der Waals surface area (Å²) in [5.41, 5.74) is 2.24. The SMILES string of the molecule is CCCNC(=O)CNC(=O)C1CNc2ccccc2C1. The standard InChI is InChI=1S/C15H21N3O2/c1-2-7-16-14(19)10-18-15(20)12-8-11-5-3-4-6-13(11)17-9-12/h3-6,12,17H,2,7-10H2,1H3,(H,16,19)(H,18,20). The first kappa shape index (κ1) is 14.4. The van der Waals surface area contributed by atoms with E-state index in [2.05, 4.69) is 16.0 Å². The number of fused-ring (bicyclic) bond motifs is 1. The van der Waals surface area contributed by atoms with Crippen LogP contribution in [0.25, 0.3) is 0 Å². The molecule has 0 fully saturated rings. The van der Waals surface area contributed by atoms with Gasteiger partial charge in [0.05, 0.1) is 12.5 Å². The predicted octanol–water partition coefficient (Wildman–Crippen LogP) is 0.913. The Kier molecular flexibility index (Phi) is 4.98. The van der Waals surface area contributed by atoms with Crippen LogP contribution in [0.1, 0.15) is 18.9 Å². The monoisotopic (exact) mass is 275 g/mol. The Hall–Kier alpha value is -2.04. The van der Waals surface area contributed by atoms with Gasteiger partial charge in [0.15, 0.2) is 0 Å². The summed E-state index contributed by atoms with van der Waals surface area (Å²) in [4.78, 5) is 23.5. The number of nitrogens with one attached hydrogen (secondary N) is 3. The number of para-hydroxylation sites is 1. The number of rotatable bonds is 5. The Morgan fingerprint density at radius 2 is 2.10 bits per heavy atom. The molecule has 0 spiro atoms. The van der Waals surface area contributed by atoms with Crippen molar-refractivity contribution in [1.29, 1.82) is 0 Å². The third kappa shape index (κ3) is 3.73. The Labute approximate surface area is 119 Å². The van der Waals surface area contributed by atoms with E-state index in [0.29, 0.717) is 19.5 Å². The average molecular weight is 275 g/mol. The molecule has 1 atom stereocenters. The summed E-state index contributed by atoms with van der Waals surface area (Å²) < 4.78 is 0. The molecule has 0 aromatic heterocycles. The molecular weight excluding hydrogens is 254 g/mol. The smallest absolute Gasteiger partial charge is 0.239 e. The number of hydrogen-bond donors (Lipinski definition) is 3. The van der Waals surface area contributed by atoms with Crippen molar-refractivity contribution in [3.05, 3.63) is 29.8 Å². The zero-order valence-corrected chi connectivity index (χ0v) is 11.7. The summed E-state index contributed by atoms with van der Waals surface area (Å²) >= 11 is 0. The van der Waals surface area contributed by atoms with Gasteiger partial charge < -0.3 is 16.0 Å². The highest BCUT2D eigenvalue weighted by molar-refractivity contribution is 5.86. The van der Waals surface area contributed by atoms with E-state index in [1.807, 2.05) is 31.2 Å². The number of hydrogen-bond acceptors (Lipinski definition) is 3. The van der Waals surface area contributed by atoms with Gasteiger partial charge in [0.25, 0.3) is 0 Å². The van der Waals surface area contributed by atoms with Crippen LogP contribution in [-0.4, -0.2) is 31.4 Å². The summed E-state index contributed by atoms with van der Waals surface area (Å²) in [5, 5.41) is 8.69. The van der Waals surface area contributed by atoms with Crippen molar-refractivity contribution in [2.24, 2.45) is 5.92 Å². The molecular formula is C15H21N3O2. The molecule has 5 heteroatoms. The van der Waals surface area contributed by atoms with E-state index in [-0.39, 0.29) is 24.3 Å². The van der Waals surface area contributed by atoms with E-state index < -0.39 is 0 Å². The van der Waals surface area contributed by atoms with Crippen molar-refractivity contribution in [3.8, 4) is 0 Å². The van der Waals surface area contributed by atoms with Crippen molar-refractivity contribution in [1.82, 2.24) is 10.6 Å². The molecule has 1 heterocycles. The third-order valence-electron chi connectivity index (χ3n) is 3.39. The lowest BCUT2D eigenvalue weighted by Gasteiger charge is -2.25. The number of carbonyl (C=O) groups excluding carboxylic acids is 2. The maximum atomic E-state index is 12.1. The molecule has 1 aromatic carbocycles. The molecule has 108 valence electrons. The van der Waals surface area contributed by atoms with Crippen LogP contribution >= 0.6 is 0 Å². The maximum absolute atomic E-state index is 12.1. The summed E-state index contributed by atoms with van der Waals surface area (Å²) in [6.45, 7) is 3.30. The van der Waals surface area contributed by atoms with E-state index >= 15 is 0 Å². The third-order valence-corrected chi connectivity index (χ3v) is 3.39. The fourth-order valence-corrected chi connectivity index (χ4v) is 2.27. The van der Waals surface area contributed by atoms with Crippen LogP contribution in [0.5, 0.6) is 0 Å². The lowest BCUT2D eigenvalue weighted by Crippen LogP contribution is -2.43. The zero-order chi connectivity index (χ0) is 14.4. The van der Waals surface area contributed by atoms with Crippen LogP contribution < -0.4 is 16.0 Å². The van der Waals surface area contributed by atoms with Crippen LogP contribution in [0.4, 0.5) is 5.69 Å². The van der Waals surface area contributed by atoms with Gasteiger partial charge in [-0.2, -0.15) is 0 Å². The number of amides is 2. The molecule has 1 aliphatic rings. The first-order valence-electron chi connectivity index (χ1n) is 7.07. The van der Waals surface area contributed by atoms with Crippen molar-refractivity contribution in [3.63, 3.8) is 0 Å². The van der Waals surface area contributed by atoms with E-state index in [9.17, 15) is 9.59 Å². The van der Waals surface area contributed by atoms with Crippen LogP contribution in [0.2, 0.25) is 0 Å². The van der Waals surface area contributed by atoms with Gasteiger partial charge in [-0.3, -0.25) is 9.59 Å². The Morgan fingerprint density at radius 3 is 2.90 bits per heavy atom. The summed E-state index contributed by atoms with van der Waals surface area (Å²) in [6, 6.07) is 7.99. The van der Waals surface area contributed by atoms with Crippen molar-refractivity contribution < 1.29 is 9.59 Å². The molecule has 2 rings (SSSR count). The van der Waals surface area contributed by atoms with Crippen LogP contribution in [0.15, 0.2) is 24.3 Å². The van der Waals surface area contributed by atoms with Crippen LogP contribution in [0.3, 0.4) is 0 Å². The Morgan fingerprint density at radius 1 is 1.30 bits per heavy atom.